The van der Waals surface area contributed by atoms with E-state index in [1.165, 1.54) is 5.57 Å². The van der Waals surface area contributed by atoms with Gasteiger partial charge in [-0.25, -0.2) is 4.99 Å². The number of amidine groups is 1. The van der Waals surface area contributed by atoms with Crippen molar-refractivity contribution < 1.29 is 47.0 Å². The lowest BCUT2D eigenvalue weighted by Gasteiger charge is -2.36. The van der Waals surface area contributed by atoms with Crippen LogP contribution in [0.15, 0.2) is 63.0 Å². The molecule has 0 unspecified atom stereocenters. The Morgan fingerprint density at radius 2 is 1.83 bits per heavy atom. The average molecular weight is 787 g/mol. The Labute approximate surface area is 318 Å². The lowest BCUT2D eigenvalue weighted by molar-refractivity contribution is -0.137. The van der Waals surface area contributed by atoms with Gasteiger partial charge in [-0.05, 0) is 56.8 Å². The maximum Gasteiger partial charge on any atom is 0.416 e. The topological polar surface area (TPSA) is 186 Å². The number of allylic oxidation sites excluding steroid dienone is 2. The molecule has 19 heteroatoms. The number of aldehydes is 1. The molecule has 1 saturated heterocycles. The van der Waals surface area contributed by atoms with E-state index in [1.807, 2.05) is 31.1 Å². The number of rotatable bonds is 10. The number of ether oxygens (including phenoxy) is 2. The van der Waals surface area contributed by atoms with Crippen molar-refractivity contribution >= 4 is 54.7 Å². The smallest absolute Gasteiger partial charge is 0.378 e. The van der Waals surface area contributed by atoms with Crippen LogP contribution in [-0.2, 0) is 34.8 Å². The zero-order valence-corrected chi connectivity index (χ0v) is 31.5. The highest BCUT2D eigenvalue weighted by Gasteiger charge is 2.31. The number of carbonyl (C=O) groups is 4. The molecule has 3 aliphatic rings. The molecule has 0 bridgehead atoms. The minimum Gasteiger partial charge on any atom is -0.378 e. The van der Waals surface area contributed by atoms with Crippen LogP contribution >= 0.6 is 11.6 Å². The van der Waals surface area contributed by atoms with Crippen LogP contribution in [0.1, 0.15) is 31.7 Å². The number of piperazine rings is 1. The summed E-state index contributed by atoms with van der Waals surface area (Å²) in [5.41, 5.74) is 3.81. The van der Waals surface area contributed by atoms with Gasteiger partial charge in [0.25, 0.3) is 5.91 Å². The van der Waals surface area contributed by atoms with Gasteiger partial charge in [0.1, 0.15) is 24.8 Å². The van der Waals surface area contributed by atoms with E-state index in [1.54, 1.807) is 13.1 Å². The maximum atomic E-state index is 12.8. The number of halogens is 4. The van der Waals surface area contributed by atoms with Crippen LogP contribution < -0.4 is 21.4 Å². The molecule has 0 spiro atoms. The Hall–Kier alpha value is -4.62. The van der Waals surface area contributed by atoms with Crippen molar-refractivity contribution in [2.75, 3.05) is 85.1 Å². The minimum atomic E-state index is -4.52. The number of nitrogens with one attached hydrogen (secondary N) is 4. The normalized spacial score (nSPS) is 17.4. The van der Waals surface area contributed by atoms with Crippen molar-refractivity contribution in [2.45, 2.75) is 32.4 Å². The molecule has 0 aliphatic carbocycles. The van der Waals surface area contributed by atoms with Gasteiger partial charge >= 0.3 is 6.18 Å². The van der Waals surface area contributed by atoms with Gasteiger partial charge in [0, 0.05) is 38.9 Å². The van der Waals surface area contributed by atoms with E-state index < -0.39 is 17.6 Å². The molecule has 5 N–H and O–H groups in total. The lowest BCUT2D eigenvalue weighted by Crippen LogP contribution is -2.48. The molecule has 0 radical (unpaired) electrons. The lowest BCUT2D eigenvalue weighted by atomic mass is 10.1. The number of alkyl halides is 3. The summed E-state index contributed by atoms with van der Waals surface area (Å²) >= 11 is 5.89. The first-order chi connectivity index (χ1) is 25.9. The Balaban J connectivity index is 0.000000512. The van der Waals surface area contributed by atoms with Crippen LogP contribution in [0.4, 0.5) is 18.9 Å². The Morgan fingerprint density at radius 3 is 2.37 bits per heavy atom. The Bertz CT molecular complexity index is 1500. The first-order valence-electron chi connectivity index (χ1n) is 16.8. The van der Waals surface area contributed by atoms with Crippen LogP contribution in [0.3, 0.4) is 0 Å². The quantitative estimate of drug-likeness (QED) is 0.0772. The zero-order chi connectivity index (χ0) is 40.5. The molecule has 0 aromatic heterocycles. The number of amides is 2. The van der Waals surface area contributed by atoms with Gasteiger partial charge in [-0.2, -0.15) is 13.2 Å². The van der Waals surface area contributed by atoms with Gasteiger partial charge in [-0.15, -0.1) is 0 Å². The van der Waals surface area contributed by atoms with E-state index in [4.69, 9.17) is 31.1 Å². The predicted octanol–water partition coefficient (Wildman–Crippen LogP) is 3.22. The van der Waals surface area contributed by atoms with Gasteiger partial charge < -0.3 is 40.0 Å². The van der Waals surface area contributed by atoms with Crippen LogP contribution in [0.2, 0.25) is 5.02 Å². The molecule has 3 heterocycles. The number of hydrogen-bond donors (Lipinski definition) is 5. The minimum absolute atomic E-state index is 0.0779. The molecule has 2 amide bonds. The molecule has 0 atom stereocenters. The monoisotopic (exact) mass is 786 g/mol. The molecule has 4 rings (SSSR count). The Morgan fingerprint density at radius 1 is 1.13 bits per heavy atom. The third-order valence-electron chi connectivity index (χ3n) is 7.67. The summed E-state index contributed by atoms with van der Waals surface area (Å²) < 4.78 is 48.4. The van der Waals surface area contributed by atoms with E-state index in [0.29, 0.717) is 55.9 Å². The number of anilines is 1. The number of likely N-dealkylation sites (N-methyl/N-ethyl adjacent to an activating group) is 2. The highest BCUT2D eigenvalue weighted by Crippen LogP contribution is 2.33. The standard InChI is InChI=1S/C20H27ClF3N5O2.C7H10N2O3.C7H11NO.CH2O/c1-4-15(18(19(31)25-2)29-9-7-28(3)8-10-29)26-12-17(30)27-16-6-5-13(11-14(16)21)20(22,23)24;10-4-6-2-1-3-12-5-7(8-6)9-11;1-8-6-7-2-4-9-5-3-7;1-2/h5-6,11,26H,4,7-10,12H2,1-3H3,(H,25,31)(H,27,30);2,4,11H,1,3,5H2,(H,8,9);2H,1,3-6H2;1H2/b18-15+;6-2-;;. The SMILES string of the molecule is C=NCC1=CCOCC1.C=O.CC/C(NCC(=O)Nc1ccc(C(F)(F)F)cc1Cl)=C(/C(=O)NC)N1CCN(C)CC1.O=C/C1=C/CCOCC(NO)=N1. The van der Waals surface area contributed by atoms with Crippen molar-refractivity contribution in [2.24, 2.45) is 9.98 Å². The molecule has 300 valence electrons. The maximum absolute atomic E-state index is 12.8. The van der Waals surface area contributed by atoms with Crippen LogP contribution in [-0.4, -0.2) is 132 Å². The van der Waals surface area contributed by atoms with Crippen molar-refractivity contribution in [3.8, 4) is 0 Å². The second-order valence-corrected chi connectivity index (χ2v) is 11.9. The molecule has 54 heavy (non-hydrogen) atoms. The molecule has 15 nitrogen and oxygen atoms in total. The molecule has 3 aliphatic heterocycles. The van der Waals surface area contributed by atoms with Gasteiger partial charge in [0.2, 0.25) is 5.91 Å². The fraction of sp³-hybridized carbons (Fsp3) is 0.486. The average Bonchev–Trinajstić information content (AvgIpc) is 3.16. The summed E-state index contributed by atoms with van der Waals surface area (Å²) in [7, 11) is 3.56. The molecule has 0 saturated carbocycles. The summed E-state index contributed by atoms with van der Waals surface area (Å²) in [5, 5.41) is 16.4. The second kappa shape index (κ2) is 26.2. The van der Waals surface area contributed by atoms with E-state index in [-0.39, 0.29) is 35.6 Å². The van der Waals surface area contributed by atoms with E-state index in [0.717, 1.165) is 57.5 Å². The molecule has 1 aromatic rings. The van der Waals surface area contributed by atoms with Gasteiger partial charge in [0.05, 0.1) is 49.2 Å². The third kappa shape index (κ3) is 17.5. The van der Waals surface area contributed by atoms with Crippen LogP contribution in [0, 0.1) is 0 Å². The highest BCUT2D eigenvalue weighted by atomic mass is 35.5. The van der Waals surface area contributed by atoms with Crippen molar-refractivity contribution in [1.29, 1.82) is 0 Å². The fourth-order valence-corrected chi connectivity index (χ4v) is 5.08. The summed E-state index contributed by atoms with van der Waals surface area (Å²) in [6.45, 7) is 13.2. The van der Waals surface area contributed by atoms with Gasteiger partial charge in [0.15, 0.2) is 12.1 Å². The molecule has 1 fully saturated rings. The summed E-state index contributed by atoms with van der Waals surface area (Å²) in [5.74, 6) is -0.504. The third-order valence-corrected chi connectivity index (χ3v) is 7.99. The largest absolute Gasteiger partial charge is 0.416 e. The molecular formula is C35H50ClF3N8O7. The van der Waals surface area contributed by atoms with E-state index >= 15 is 0 Å². The Kier molecular flexibility index (Phi) is 23.0. The number of benzene rings is 1. The first kappa shape index (κ1) is 47.4. The second-order valence-electron chi connectivity index (χ2n) is 11.5. The highest BCUT2D eigenvalue weighted by molar-refractivity contribution is 6.33. The first-order valence-corrected chi connectivity index (χ1v) is 17.2. The van der Waals surface area contributed by atoms with Crippen molar-refractivity contribution in [1.82, 2.24) is 25.9 Å². The summed E-state index contributed by atoms with van der Waals surface area (Å²) in [6.07, 6.45) is 2.04. The van der Waals surface area contributed by atoms with Gasteiger partial charge in [-0.3, -0.25) is 30.1 Å². The zero-order valence-electron chi connectivity index (χ0n) is 30.8. The van der Waals surface area contributed by atoms with E-state index in [9.17, 15) is 27.6 Å². The van der Waals surface area contributed by atoms with Crippen LogP contribution in [0.5, 0.6) is 0 Å². The van der Waals surface area contributed by atoms with Gasteiger partial charge in [-0.1, -0.05) is 30.7 Å². The van der Waals surface area contributed by atoms with E-state index in [2.05, 4.69) is 43.6 Å². The summed E-state index contributed by atoms with van der Waals surface area (Å²) in [4.78, 5) is 55.0. The van der Waals surface area contributed by atoms with Crippen molar-refractivity contribution in [3.05, 3.63) is 63.6 Å². The molecular weight excluding hydrogens is 737 g/mol. The van der Waals surface area contributed by atoms with Crippen LogP contribution in [0.25, 0.3) is 0 Å². The number of hydrogen-bond acceptors (Lipinski definition) is 13. The predicted molar refractivity (Wildman–Crippen MR) is 201 cm³/mol. The number of carbonyl (C=O) groups excluding carboxylic acids is 4. The fourth-order valence-electron chi connectivity index (χ4n) is 4.85. The number of aliphatic imine (C=N–C) groups is 2. The number of hydroxylamine groups is 1. The van der Waals surface area contributed by atoms with Crippen molar-refractivity contribution in [3.63, 3.8) is 0 Å². The number of nitrogens with zero attached hydrogens (tertiary/aromatic N) is 4. The summed E-state index contributed by atoms with van der Waals surface area (Å²) in [6, 6.07) is 2.72. The molecule has 1 aromatic carbocycles.